The van der Waals surface area contributed by atoms with E-state index in [4.69, 9.17) is 9.51 Å². The molecule has 1 aliphatic carbocycles. The van der Waals surface area contributed by atoms with Gasteiger partial charge in [0.25, 0.3) is 0 Å². The van der Waals surface area contributed by atoms with E-state index in [1.54, 1.807) is 0 Å². The second kappa shape index (κ2) is 6.26. The van der Waals surface area contributed by atoms with Crippen LogP contribution < -0.4 is 0 Å². The van der Waals surface area contributed by atoms with Crippen molar-refractivity contribution in [3.05, 3.63) is 65.4 Å². The van der Waals surface area contributed by atoms with Gasteiger partial charge in [-0.15, -0.1) is 0 Å². The summed E-state index contributed by atoms with van der Waals surface area (Å²) in [4.78, 5) is 13.2. The number of aryl methyl sites for hydroxylation is 3. The second-order valence-electron chi connectivity index (χ2n) is 8.34. The number of benzene rings is 2. The average molecular weight is 394 g/mol. The molecule has 5 aromatic rings. The predicted molar refractivity (Wildman–Crippen MR) is 119 cm³/mol. The number of pyridine rings is 1. The van der Waals surface area contributed by atoms with Crippen LogP contribution in [-0.2, 0) is 0 Å². The summed E-state index contributed by atoms with van der Waals surface area (Å²) in [6.07, 6.45) is 4.27. The van der Waals surface area contributed by atoms with Gasteiger partial charge < -0.3 is 9.51 Å². The monoisotopic (exact) mass is 394 g/mol. The molecule has 30 heavy (non-hydrogen) atoms. The van der Waals surface area contributed by atoms with Crippen LogP contribution in [-0.4, -0.2) is 20.1 Å². The van der Waals surface area contributed by atoms with E-state index in [1.807, 2.05) is 26.1 Å². The third-order valence-electron chi connectivity index (χ3n) is 6.16. The van der Waals surface area contributed by atoms with Gasteiger partial charge in [-0.3, -0.25) is 4.98 Å². The Bertz CT molecular complexity index is 1420. The number of aromatic nitrogens is 4. The van der Waals surface area contributed by atoms with Crippen molar-refractivity contribution in [3.63, 3.8) is 0 Å². The summed E-state index contributed by atoms with van der Waals surface area (Å²) in [7, 11) is 0. The van der Waals surface area contributed by atoms with Crippen LogP contribution in [0.4, 0.5) is 0 Å². The van der Waals surface area contributed by atoms with Gasteiger partial charge in [-0.2, -0.15) is 0 Å². The minimum atomic E-state index is 0.558. The topological polar surface area (TPSA) is 67.6 Å². The molecule has 1 fully saturated rings. The van der Waals surface area contributed by atoms with Gasteiger partial charge >= 0.3 is 0 Å². The van der Waals surface area contributed by atoms with Crippen LogP contribution in [0.3, 0.4) is 0 Å². The summed E-state index contributed by atoms with van der Waals surface area (Å²) < 4.78 is 5.47. The zero-order chi connectivity index (χ0) is 20.4. The number of nitrogens with one attached hydrogen (secondary N) is 1. The van der Waals surface area contributed by atoms with Crippen LogP contribution in [0.1, 0.15) is 41.6 Å². The van der Waals surface area contributed by atoms with E-state index in [1.165, 1.54) is 24.0 Å². The maximum absolute atomic E-state index is 5.47. The lowest BCUT2D eigenvalue weighted by Gasteiger charge is -2.13. The zero-order valence-corrected chi connectivity index (χ0v) is 17.3. The Morgan fingerprint density at radius 2 is 1.87 bits per heavy atom. The molecule has 6 rings (SSSR count). The standard InChI is InChI=1S/C25H22N4O/c1-13-6-9-20-18(5-4-10-26-20)22(13)19-11-17(23-14(2)29-30-15(23)3)12-21-24(19)28-25(27-21)16-7-8-16/h4-6,9-12,16H,7-8H2,1-3H3,(H,27,28). The van der Waals surface area contributed by atoms with Crippen LogP contribution >= 0.6 is 0 Å². The first kappa shape index (κ1) is 17.4. The van der Waals surface area contributed by atoms with E-state index in [0.717, 1.165) is 55.9 Å². The molecule has 0 atom stereocenters. The molecule has 5 heteroatoms. The third kappa shape index (κ3) is 2.58. The molecule has 0 saturated heterocycles. The van der Waals surface area contributed by atoms with Crippen LogP contribution in [0, 0.1) is 20.8 Å². The summed E-state index contributed by atoms with van der Waals surface area (Å²) in [5.41, 5.74) is 9.67. The van der Waals surface area contributed by atoms with Crippen molar-refractivity contribution >= 4 is 21.9 Å². The fraction of sp³-hybridized carbons (Fsp3) is 0.240. The predicted octanol–water partition coefficient (Wildman–Crippen LogP) is 6.24. The highest BCUT2D eigenvalue weighted by Gasteiger charge is 2.28. The van der Waals surface area contributed by atoms with Crippen LogP contribution in [0.15, 0.2) is 47.1 Å². The van der Waals surface area contributed by atoms with Crippen molar-refractivity contribution in [2.45, 2.75) is 39.5 Å². The highest BCUT2D eigenvalue weighted by molar-refractivity contribution is 6.05. The van der Waals surface area contributed by atoms with Gasteiger partial charge in [-0.25, -0.2) is 4.98 Å². The average Bonchev–Trinajstić information content (AvgIpc) is 3.42. The fourth-order valence-electron chi connectivity index (χ4n) is 4.54. The van der Waals surface area contributed by atoms with Gasteiger partial charge in [0.05, 0.1) is 22.2 Å². The fourth-order valence-corrected chi connectivity index (χ4v) is 4.54. The van der Waals surface area contributed by atoms with Gasteiger partial charge in [0, 0.05) is 28.6 Å². The molecular formula is C25H22N4O. The van der Waals surface area contributed by atoms with E-state index < -0.39 is 0 Å². The summed E-state index contributed by atoms with van der Waals surface area (Å²) >= 11 is 0. The number of hydrogen-bond acceptors (Lipinski definition) is 4. The number of nitrogens with zero attached hydrogens (tertiary/aromatic N) is 3. The Morgan fingerprint density at radius 3 is 2.63 bits per heavy atom. The van der Waals surface area contributed by atoms with Crippen LogP contribution in [0.2, 0.25) is 0 Å². The van der Waals surface area contributed by atoms with Crippen molar-refractivity contribution in [3.8, 4) is 22.3 Å². The van der Waals surface area contributed by atoms with Crippen LogP contribution in [0.25, 0.3) is 44.2 Å². The van der Waals surface area contributed by atoms with Crippen molar-refractivity contribution < 1.29 is 4.52 Å². The van der Waals surface area contributed by atoms with Crippen molar-refractivity contribution in [2.75, 3.05) is 0 Å². The number of H-pyrrole nitrogens is 1. The zero-order valence-electron chi connectivity index (χ0n) is 17.3. The Labute approximate surface area is 174 Å². The summed E-state index contributed by atoms with van der Waals surface area (Å²) in [5, 5.41) is 5.32. The number of fused-ring (bicyclic) bond motifs is 2. The van der Waals surface area contributed by atoms with E-state index in [-0.39, 0.29) is 0 Å². The molecule has 0 radical (unpaired) electrons. The van der Waals surface area contributed by atoms with Gasteiger partial charge in [0.2, 0.25) is 0 Å². The van der Waals surface area contributed by atoms with Crippen molar-refractivity contribution in [2.24, 2.45) is 0 Å². The van der Waals surface area contributed by atoms with Gasteiger partial charge in [0.15, 0.2) is 0 Å². The Kier molecular flexibility index (Phi) is 3.63. The molecule has 1 N–H and O–H groups in total. The number of hydrogen-bond donors (Lipinski definition) is 1. The first-order valence-corrected chi connectivity index (χ1v) is 10.4. The first-order valence-electron chi connectivity index (χ1n) is 10.4. The molecule has 3 aromatic heterocycles. The molecule has 0 bridgehead atoms. The van der Waals surface area contributed by atoms with E-state index in [9.17, 15) is 0 Å². The minimum absolute atomic E-state index is 0.558. The van der Waals surface area contributed by atoms with Crippen molar-refractivity contribution in [1.82, 2.24) is 20.1 Å². The van der Waals surface area contributed by atoms with E-state index in [0.29, 0.717) is 5.92 Å². The maximum Gasteiger partial charge on any atom is 0.141 e. The number of imidazole rings is 1. The maximum atomic E-state index is 5.47. The highest BCUT2D eigenvalue weighted by atomic mass is 16.5. The SMILES string of the molecule is Cc1ccc2ncccc2c1-c1cc(-c2c(C)noc2C)cc2nc(C3CC3)[nH]c12. The smallest absolute Gasteiger partial charge is 0.141 e. The Balaban J connectivity index is 1.72. The molecule has 1 aliphatic rings. The lowest BCUT2D eigenvalue weighted by atomic mass is 9.92. The van der Waals surface area contributed by atoms with Crippen molar-refractivity contribution in [1.29, 1.82) is 0 Å². The molecule has 0 amide bonds. The Hall–Kier alpha value is -3.47. The van der Waals surface area contributed by atoms with Crippen LogP contribution in [0.5, 0.6) is 0 Å². The third-order valence-corrected chi connectivity index (χ3v) is 6.16. The minimum Gasteiger partial charge on any atom is -0.361 e. The number of rotatable bonds is 3. The normalized spacial score (nSPS) is 14.1. The summed E-state index contributed by atoms with van der Waals surface area (Å²) in [5.74, 6) is 2.48. The summed E-state index contributed by atoms with van der Waals surface area (Å²) in [6, 6.07) is 12.8. The van der Waals surface area contributed by atoms with Gasteiger partial charge in [-0.05, 0) is 74.6 Å². The Morgan fingerprint density at radius 1 is 1.00 bits per heavy atom. The quantitative estimate of drug-likeness (QED) is 0.393. The highest BCUT2D eigenvalue weighted by Crippen LogP contribution is 2.43. The molecule has 1 saturated carbocycles. The largest absolute Gasteiger partial charge is 0.361 e. The molecule has 0 spiro atoms. The molecule has 2 aromatic carbocycles. The van der Waals surface area contributed by atoms with E-state index >= 15 is 0 Å². The lowest BCUT2D eigenvalue weighted by molar-refractivity contribution is 0.393. The number of aromatic amines is 1. The van der Waals surface area contributed by atoms with E-state index in [2.05, 4.69) is 52.4 Å². The van der Waals surface area contributed by atoms with Gasteiger partial charge in [-0.1, -0.05) is 17.3 Å². The molecular weight excluding hydrogens is 372 g/mol. The molecule has 3 heterocycles. The summed E-state index contributed by atoms with van der Waals surface area (Å²) in [6.45, 7) is 6.11. The molecule has 0 aliphatic heterocycles. The first-order chi connectivity index (χ1) is 14.6. The lowest BCUT2D eigenvalue weighted by Crippen LogP contribution is -1.91. The molecule has 5 nitrogen and oxygen atoms in total. The van der Waals surface area contributed by atoms with Gasteiger partial charge in [0.1, 0.15) is 11.6 Å². The molecule has 0 unspecified atom stereocenters. The second-order valence-corrected chi connectivity index (χ2v) is 8.34. The molecule has 148 valence electrons.